The first kappa shape index (κ1) is 20.6. The molecule has 0 aliphatic carbocycles. The highest BCUT2D eigenvalue weighted by Gasteiger charge is 2.18. The van der Waals surface area contributed by atoms with Gasteiger partial charge in [-0.05, 0) is 24.3 Å². The fourth-order valence-corrected chi connectivity index (χ4v) is 4.57. The number of nitrogens with one attached hydrogen (secondary N) is 1. The molecule has 3 aromatic carbocycles. The number of piperazine rings is 1. The second kappa shape index (κ2) is 9.11. The molecule has 34 heavy (non-hydrogen) atoms. The van der Waals surface area contributed by atoms with Gasteiger partial charge in [0.2, 0.25) is 5.95 Å². The van der Waals surface area contributed by atoms with E-state index in [-0.39, 0.29) is 0 Å². The summed E-state index contributed by atoms with van der Waals surface area (Å²) in [5.41, 5.74) is 4.05. The van der Waals surface area contributed by atoms with Crippen LogP contribution in [0.15, 0.2) is 84.9 Å². The molecule has 0 radical (unpaired) electrons. The lowest BCUT2D eigenvalue weighted by Crippen LogP contribution is -2.47. The van der Waals surface area contributed by atoms with Crippen molar-refractivity contribution in [3.8, 4) is 11.4 Å². The molecule has 7 nitrogen and oxygen atoms in total. The fourth-order valence-electron chi connectivity index (χ4n) is 4.57. The lowest BCUT2D eigenvalue weighted by molar-refractivity contribution is 0.267. The summed E-state index contributed by atoms with van der Waals surface area (Å²) < 4.78 is 1.85. The van der Waals surface area contributed by atoms with Crippen molar-refractivity contribution in [1.29, 1.82) is 0 Å². The van der Waals surface area contributed by atoms with E-state index in [4.69, 9.17) is 15.1 Å². The Morgan fingerprint density at radius 1 is 0.735 bits per heavy atom. The van der Waals surface area contributed by atoms with E-state index in [1.807, 2.05) is 53.0 Å². The second-order valence-electron chi connectivity index (χ2n) is 8.58. The standard InChI is InChI=1S/C27H27N7/c1-3-9-21(10-4-1)25-30-26-23-13-7-8-14-24(23)29-27(34(26)31-25)28-15-16-32-17-19-33(20-18-32)22-11-5-2-6-12-22/h1-14H,15-20H2,(H,28,29). The van der Waals surface area contributed by atoms with Crippen LogP contribution in [0.3, 0.4) is 0 Å². The summed E-state index contributed by atoms with van der Waals surface area (Å²) in [6.45, 7) is 5.96. The molecule has 1 aliphatic rings. The minimum Gasteiger partial charge on any atom is -0.369 e. The first-order valence-corrected chi connectivity index (χ1v) is 11.8. The van der Waals surface area contributed by atoms with Gasteiger partial charge >= 0.3 is 0 Å². The molecule has 3 heterocycles. The monoisotopic (exact) mass is 449 g/mol. The van der Waals surface area contributed by atoms with E-state index in [0.717, 1.165) is 67.3 Å². The highest BCUT2D eigenvalue weighted by atomic mass is 15.4. The zero-order valence-corrected chi connectivity index (χ0v) is 19.0. The number of hydrogen-bond acceptors (Lipinski definition) is 6. The van der Waals surface area contributed by atoms with E-state index in [0.29, 0.717) is 5.82 Å². The maximum atomic E-state index is 4.87. The molecule has 7 heteroatoms. The molecule has 6 rings (SSSR count). The molecule has 0 spiro atoms. The van der Waals surface area contributed by atoms with Gasteiger partial charge in [-0.2, -0.15) is 4.52 Å². The quantitative estimate of drug-likeness (QED) is 0.420. The van der Waals surface area contributed by atoms with Crippen molar-refractivity contribution in [1.82, 2.24) is 24.5 Å². The van der Waals surface area contributed by atoms with Crippen LogP contribution < -0.4 is 10.2 Å². The molecule has 1 saturated heterocycles. The summed E-state index contributed by atoms with van der Waals surface area (Å²) >= 11 is 0. The first-order valence-electron chi connectivity index (χ1n) is 11.8. The first-order chi connectivity index (χ1) is 16.8. The lowest BCUT2D eigenvalue weighted by Gasteiger charge is -2.36. The van der Waals surface area contributed by atoms with Crippen LogP contribution in [-0.2, 0) is 0 Å². The molecule has 0 saturated carbocycles. The van der Waals surface area contributed by atoms with Crippen LogP contribution in [0.5, 0.6) is 0 Å². The highest BCUT2D eigenvalue weighted by Crippen LogP contribution is 2.24. The van der Waals surface area contributed by atoms with Gasteiger partial charge in [0, 0.05) is 55.9 Å². The Bertz CT molecular complexity index is 1390. The Kier molecular flexibility index (Phi) is 5.53. The molecular weight excluding hydrogens is 422 g/mol. The summed E-state index contributed by atoms with van der Waals surface area (Å²) in [4.78, 5) is 14.7. The van der Waals surface area contributed by atoms with Gasteiger partial charge < -0.3 is 10.2 Å². The molecule has 1 N–H and O–H groups in total. The Balaban J connectivity index is 1.18. The van der Waals surface area contributed by atoms with Gasteiger partial charge in [-0.25, -0.2) is 9.97 Å². The Morgan fingerprint density at radius 3 is 2.24 bits per heavy atom. The predicted octanol–water partition coefficient (Wildman–Crippen LogP) is 4.18. The number of rotatable bonds is 6. The number of aromatic nitrogens is 4. The minimum atomic E-state index is 0.707. The van der Waals surface area contributed by atoms with Crippen molar-refractivity contribution >= 4 is 28.2 Å². The number of anilines is 2. The maximum Gasteiger partial charge on any atom is 0.226 e. The van der Waals surface area contributed by atoms with Crippen molar-refractivity contribution < 1.29 is 0 Å². The van der Waals surface area contributed by atoms with E-state index in [1.165, 1.54) is 5.69 Å². The fraction of sp³-hybridized carbons (Fsp3) is 0.222. The lowest BCUT2D eigenvalue weighted by atomic mass is 10.2. The van der Waals surface area contributed by atoms with Gasteiger partial charge in [-0.3, -0.25) is 4.90 Å². The average molecular weight is 450 g/mol. The molecule has 0 atom stereocenters. The van der Waals surface area contributed by atoms with Crippen molar-refractivity contribution in [2.45, 2.75) is 0 Å². The second-order valence-corrected chi connectivity index (χ2v) is 8.58. The van der Waals surface area contributed by atoms with Crippen molar-refractivity contribution in [3.63, 3.8) is 0 Å². The molecule has 0 unspecified atom stereocenters. The topological polar surface area (TPSA) is 61.6 Å². The summed E-state index contributed by atoms with van der Waals surface area (Å²) in [7, 11) is 0. The van der Waals surface area contributed by atoms with Crippen LogP contribution in [0.1, 0.15) is 0 Å². The summed E-state index contributed by atoms with van der Waals surface area (Å²) in [6.07, 6.45) is 0. The van der Waals surface area contributed by atoms with Crippen molar-refractivity contribution in [2.75, 3.05) is 49.5 Å². The van der Waals surface area contributed by atoms with Crippen LogP contribution in [-0.4, -0.2) is 63.8 Å². The highest BCUT2D eigenvalue weighted by molar-refractivity contribution is 5.92. The third-order valence-corrected chi connectivity index (χ3v) is 6.42. The van der Waals surface area contributed by atoms with Gasteiger partial charge in [0.25, 0.3) is 0 Å². The molecule has 0 amide bonds. The Labute approximate surface area is 198 Å². The van der Waals surface area contributed by atoms with E-state index in [1.54, 1.807) is 0 Å². The van der Waals surface area contributed by atoms with E-state index >= 15 is 0 Å². The smallest absolute Gasteiger partial charge is 0.226 e. The zero-order chi connectivity index (χ0) is 22.7. The number of hydrogen-bond donors (Lipinski definition) is 1. The van der Waals surface area contributed by atoms with Gasteiger partial charge in [0.15, 0.2) is 11.5 Å². The molecular formula is C27H27N7. The number of fused-ring (bicyclic) bond motifs is 3. The minimum absolute atomic E-state index is 0.707. The average Bonchev–Trinajstić information content (AvgIpc) is 3.36. The maximum absolute atomic E-state index is 4.87. The predicted molar refractivity (Wildman–Crippen MR) is 137 cm³/mol. The Morgan fingerprint density at radius 2 is 1.44 bits per heavy atom. The van der Waals surface area contributed by atoms with Crippen LogP contribution in [0, 0.1) is 0 Å². The molecule has 0 bridgehead atoms. The van der Waals surface area contributed by atoms with Gasteiger partial charge in [-0.1, -0.05) is 60.7 Å². The normalized spacial score (nSPS) is 14.6. The molecule has 170 valence electrons. The number of nitrogens with zero attached hydrogens (tertiary/aromatic N) is 6. The van der Waals surface area contributed by atoms with Crippen LogP contribution in [0.25, 0.3) is 27.9 Å². The SMILES string of the molecule is c1ccc(-c2nc3c4ccccc4nc(NCCN4CCN(c5ccccc5)CC4)n3n2)cc1. The van der Waals surface area contributed by atoms with E-state index in [2.05, 4.69) is 51.5 Å². The summed E-state index contributed by atoms with van der Waals surface area (Å²) in [5, 5.41) is 9.33. The number of benzene rings is 3. The summed E-state index contributed by atoms with van der Waals surface area (Å²) in [6, 6.07) is 28.9. The van der Waals surface area contributed by atoms with E-state index in [9.17, 15) is 0 Å². The number of para-hydroxylation sites is 2. The Hall–Kier alpha value is -3.97. The van der Waals surface area contributed by atoms with Crippen LogP contribution in [0.4, 0.5) is 11.6 Å². The molecule has 1 aliphatic heterocycles. The van der Waals surface area contributed by atoms with Crippen molar-refractivity contribution in [2.24, 2.45) is 0 Å². The largest absolute Gasteiger partial charge is 0.369 e. The molecule has 2 aromatic heterocycles. The molecule has 1 fully saturated rings. The van der Waals surface area contributed by atoms with Crippen LogP contribution in [0.2, 0.25) is 0 Å². The third-order valence-electron chi connectivity index (χ3n) is 6.42. The third kappa shape index (κ3) is 4.06. The summed E-state index contributed by atoms with van der Waals surface area (Å²) in [5.74, 6) is 1.44. The molecule has 5 aromatic rings. The van der Waals surface area contributed by atoms with Crippen molar-refractivity contribution in [3.05, 3.63) is 84.9 Å². The van der Waals surface area contributed by atoms with Gasteiger partial charge in [0.05, 0.1) is 5.52 Å². The van der Waals surface area contributed by atoms with Crippen LogP contribution >= 0.6 is 0 Å². The zero-order valence-electron chi connectivity index (χ0n) is 19.0. The van der Waals surface area contributed by atoms with Gasteiger partial charge in [0.1, 0.15) is 0 Å². The van der Waals surface area contributed by atoms with E-state index < -0.39 is 0 Å². The van der Waals surface area contributed by atoms with Gasteiger partial charge in [-0.15, -0.1) is 5.10 Å².